The van der Waals surface area contributed by atoms with Crippen LogP contribution in [0.25, 0.3) is 10.9 Å². The molecule has 0 aliphatic carbocycles. The lowest BCUT2D eigenvalue weighted by Crippen LogP contribution is -2.33. The Morgan fingerprint density at radius 3 is 2.68 bits per heavy atom. The van der Waals surface area contributed by atoms with Gasteiger partial charge in [-0.15, -0.1) is 0 Å². The highest BCUT2D eigenvalue weighted by Crippen LogP contribution is 2.45. The van der Waals surface area contributed by atoms with Crippen molar-refractivity contribution in [3.8, 4) is 0 Å². The van der Waals surface area contributed by atoms with Crippen LogP contribution >= 0.6 is 0 Å². The van der Waals surface area contributed by atoms with E-state index in [0.29, 0.717) is 6.04 Å². The highest BCUT2D eigenvalue weighted by molar-refractivity contribution is 5.87. The molecule has 22 heavy (non-hydrogen) atoms. The second-order valence-electron chi connectivity index (χ2n) is 7.93. The molecular weight excluding hydrogens is 275 g/mol. The van der Waals surface area contributed by atoms with Crippen molar-refractivity contribution in [3.05, 3.63) is 34.8 Å². The molecule has 4 rings (SSSR count). The average molecular weight is 300 g/mol. The van der Waals surface area contributed by atoms with Crippen molar-refractivity contribution in [2.45, 2.75) is 58.5 Å². The Labute approximate surface area is 131 Å². The predicted octanol–water partition coefficient (Wildman–Crippen LogP) is 4.54. The summed E-state index contributed by atoms with van der Waals surface area (Å²) in [5.74, 6) is -0.0869. The first-order valence-corrected chi connectivity index (χ1v) is 8.46. The molecule has 0 radical (unpaired) electrons. The molecule has 0 spiro atoms. The van der Waals surface area contributed by atoms with Gasteiger partial charge in [-0.3, -0.25) is 4.90 Å². The molecule has 3 heterocycles. The Kier molecular flexibility index (Phi) is 2.96. The van der Waals surface area contributed by atoms with Gasteiger partial charge in [0.1, 0.15) is 5.82 Å². The van der Waals surface area contributed by atoms with Gasteiger partial charge in [0.05, 0.1) is 5.52 Å². The number of nitrogens with zero attached hydrogens (tertiary/aromatic N) is 2. The van der Waals surface area contributed by atoms with E-state index in [4.69, 9.17) is 0 Å². The summed E-state index contributed by atoms with van der Waals surface area (Å²) in [6.45, 7) is 10.9. The van der Waals surface area contributed by atoms with E-state index in [-0.39, 0.29) is 11.4 Å². The summed E-state index contributed by atoms with van der Waals surface area (Å²) in [7, 11) is 0. The van der Waals surface area contributed by atoms with Gasteiger partial charge >= 0.3 is 0 Å². The zero-order valence-corrected chi connectivity index (χ0v) is 14.0. The van der Waals surface area contributed by atoms with Gasteiger partial charge in [0.15, 0.2) is 0 Å². The topological polar surface area (TPSA) is 8.17 Å². The van der Waals surface area contributed by atoms with Crippen LogP contribution in [0.1, 0.15) is 56.5 Å². The first kappa shape index (κ1) is 14.3. The Bertz CT molecular complexity index is 751. The minimum absolute atomic E-state index is 0.0195. The number of rotatable bonds is 0. The maximum Gasteiger partial charge on any atom is 0.128 e. The van der Waals surface area contributed by atoms with Gasteiger partial charge < -0.3 is 4.57 Å². The van der Waals surface area contributed by atoms with Gasteiger partial charge in [-0.25, -0.2) is 4.39 Å². The van der Waals surface area contributed by atoms with E-state index < -0.39 is 0 Å². The van der Waals surface area contributed by atoms with Crippen molar-refractivity contribution in [1.29, 1.82) is 0 Å². The summed E-state index contributed by atoms with van der Waals surface area (Å²) in [6.07, 6.45) is 3.61. The van der Waals surface area contributed by atoms with Crippen molar-refractivity contribution >= 4 is 10.9 Å². The quantitative estimate of drug-likeness (QED) is 0.693. The van der Waals surface area contributed by atoms with Crippen LogP contribution in [-0.2, 0) is 12.0 Å². The third kappa shape index (κ3) is 1.88. The molecule has 1 atom stereocenters. The predicted molar refractivity (Wildman–Crippen MR) is 88.9 cm³/mol. The fraction of sp³-hybridized carbons (Fsp3) is 0.579. The number of benzene rings is 1. The molecule has 1 aromatic heterocycles. The Balaban J connectivity index is 2.09. The van der Waals surface area contributed by atoms with E-state index in [0.717, 1.165) is 24.0 Å². The standard InChI is InChI=1S/C19H25FN2/c1-12-10-13-17(11-14(12)20)22(19(2,3)4)16-7-9-21-8-5-6-15(21)18(13)16/h10-11,15H,5-9H2,1-4H3. The fourth-order valence-electron chi connectivity index (χ4n) is 4.55. The molecule has 0 bridgehead atoms. The van der Waals surface area contributed by atoms with E-state index in [2.05, 4.69) is 36.3 Å². The van der Waals surface area contributed by atoms with E-state index in [1.165, 1.54) is 36.0 Å². The van der Waals surface area contributed by atoms with E-state index in [9.17, 15) is 4.39 Å². The number of fused-ring (bicyclic) bond motifs is 5. The van der Waals surface area contributed by atoms with Crippen LogP contribution in [0.4, 0.5) is 4.39 Å². The lowest BCUT2D eigenvalue weighted by molar-refractivity contribution is 0.237. The molecular formula is C19H25FN2. The summed E-state index contributed by atoms with van der Waals surface area (Å²) in [5, 5.41) is 1.28. The first-order valence-electron chi connectivity index (χ1n) is 8.46. The van der Waals surface area contributed by atoms with Crippen LogP contribution in [0.3, 0.4) is 0 Å². The third-order valence-electron chi connectivity index (χ3n) is 5.39. The molecule has 2 nitrogen and oxygen atoms in total. The van der Waals surface area contributed by atoms with Gasteiger partial charge in [0.25, 0.3) is 0 Å². The molecule has 118 valence electrons. The molecule has 2 aliphatic rings. The molecule has 0 amide bonds. The van der Waals surface area contributed by atoms with Crippen molar-refractivity contribution < 1.29 is 4.39 Å². The lowest BCUT2D eigenvalue weighted by atomic mass is 9.95. The molecule has 2 aliphatic heterocycles. The molecule has 2 aromatic rings. The van der Waals surface area contributed by atoms with Crippen LogP contribution in [0.2, 0.25) is 0 Å². The second kappa shape index (κ2) is 4.58. The summed E-state index contributed by atoms with van der Waals surface area (Å²) < 4.78 is 16.6. The van der Waals surface area contributed by atoms with Gasteiger partial charge in [0.2, 0.25) is 0 Å². The van der Waals surface area contributed by atoms with Gasteiger partial charge in [-0.2, -0.15) is 0 Å². The fourth-order valence-corrected chi connectivity index (χ4v) is 4.55. The number of aromatic nitrogens is 1. The van der Waals surface area contributed by atoms with Crippen molar-refractivity contribution in [2.24, 2.45) is 0 Å². The summed E-state index contributed by atoms with van der Waals surface area (Å²) in [5.41, 5.74) is 4.74. The SMILES string of the molecule is Cc1cc2c3c(n(C(C)(C)C)c2cc1F)CCN1CCCC31. The largest absolute Gasteiger partial charge is 0.339 e. The number of hydrogen-bond acceptors (Lipinski definition) is 1. The van der Waals surface area contributed by atoms with Crippen molar-refractivity contribution in [1.82, 2.24) is 9.47 Å². The normalized spacial score (nSPS) is 22.1. The zero-order valence-electron chi connectivity index (χ0n) is 14.0. The molecule has 1 unspecified atom stereocenters. The van der Waals surface area contributed by atoms with Crippen LogP contribution in [0.5, 0.6) is 0 Å². The van der Waals surface area contributed by atoms with Gasteiger partial charge in [-0.1, -0.05) is 0 Å². The summed E-state index contributed by atoms with van der Waals surface area (Å²) >= 11 is 0. The Morgan fingerprint density at radius 1 is 1.18 bits per heavy atom. The Hall–Kier alpha value is -1.35. The zero-order chi connectivity index (χ0) is 15.6. The molecule has 0 N–H and O–H groups in total. The third-order valence-corrected chi connectivity index (χ3v) is 5.39. The molecule has 1 aromatic carbocycles. The highest BCUT2D eigenvalue weighted by atomic mass is 19.1. The van der Waals surface area contributed by atoms with Crippen molar-refractivity contribution in [2.75, 3.05) is 13.1 Å². The monoisotopic (exact) mass is 300 g/mol. The number of halogens is 1. The van der Waals surface area contributed by atoms with Crippen LogP contribution in [-0.4, -0.2) is 22.6 Å². The minimum atomic E-state index is -0.0869. The molecule has 3 heteroatoms. The summed E-state index contributed by atoms with van der Waals surface area (Å²) in [6, 6.07) is 4.38. The maximum atomic E-state index is 14.2. The summed E-state index contributed by atoms with van der Waals surface area (Å²) in [4.78, 5) is 2.62. The van der Waals surface area contributed by atoms with E-state index in [1.807, 2.05) is 6.92 Å². The minimum Gasteiger partial charge on any atom is -0.339 e. The number of hydrogen-bond donors (Lipinski definition) is 0. The second-order valence-corrected chi connectivity index (χ2v) is 7.93. The number of aryl methyl sites for hydroxylation is 1. The molecule has 1 saturated heterocycles. The van der Waals surface area contributed by atoms with Crippen molar-refractivity contribution in [3.63, 3.8) is 0 Å². The van der Waals surface area contributed by atoms with E-state index >= 15 is 0 Å². The van der Waals surface area contributed by atoms with Gasteiger partial charge in [-0.05, 0) is 70.3 Å². The first-order chi connectivity index (χ1) is 10.4. The molecule has 1 fully saturated rings. The highest BCUT2D eigenvalue weighted by Gasteiger charge is 2.37. The lowest BCUT2D eigenvalue weighted by Gasteiger charge is -2.33. The smallest absolute Gasteiger partial charge is 0.128 e. The van der Waals surface area contributed by atoms with Crippen LogP contribution < -0.4 is 0 Å². The van der Waals surface area contributed by atoms with E-state index in [1.54, 1.807) is 6.07 Å². The maximum absolute atomic E-state index is 14.2. The average Bonchev–Trinajstić information content (AvgIpc) is 2.99. The van der Waals surface area contributed by atoms with Gasteiger partial charge in [0, 0.05) is 35.6 Å². The van der Waals surface area contributed by atoms with Crippen LogP contribution in [0.15, 0.2) is 12.1 Å². The Morgan fingerprint density at radius 2 is 1.95 bits per heavy atom. The van der Waals surface area contributed by atoms with Crippen LogP contribution in [0, 0.1) is 12.7 Å². The molecule has 0 saturated carbocycles.